The van der Waals surface area contributed by atoms with Crippen molar-refractivity contribution in [3.05, 3.63) is 5.28 Å². The van der Waals surface area contributed by atoms with Crippen molar-refractivity contribution in [2.75, 3.05) is 24.2 Å². The van der Waals surface area contributed by atoms with Crippen molar-refractivity contribution in [2.45, 2.75) is 13.8 Å². The lowest BCUT2D eigenvalue weighted by molar-refractivity contribution is 0.684. The summed E-state index contributed by atoms with van der Waals surface area (Å²) in [4.78, 5) is 11.9. The monoisotopic (exact) mass is 215 g/mol. The molecular formula is C8H14ClN5. The smallest absolute Gasteiger partial charge is 0.228 e. The highest BCUT2D eigenvalue weighted by Crippen LogP contribution is 2.09. The minimum atomic E-state index is 0.190. The molecule has 5 nitrogen and oxygen atoms in total. The first-order valence-corrected chi connectivity index (χ1v) is 4.83. The summed E-state index contributed by atoms with van der Waals surface area (Å²) >= 11 is 5.70. The summed E-state index contributed by atoms with van der Waals surface area (Å²) in [7, 11) is 1.73. The van der Waals surface area contributed by atoms with E-state index >= 15 is 0 Å². The molecule has 14 heavy (non-hydrogen) atoms. The summed E-state index contributed by atoms with van der Waals surface area (Å²) in [6.07, 6.45) is 0. The predicted molar refractivity (Wildman–Crippen MR) is 57.7 cm³/mol. The van der Waals surface area contributed by atoms with Crippen LogP contribution in [0, 0.1) is 5.92 Å². The minimum absolute atomic E-state index is 0.190. The van der Waals surface area contributed by atoms with Gasteiger partial charge in [0.05, 0.1) is 0 Å². The van der Waals surface area contributed by atoms with Gasteiger partial charge in [0, 0.05) is 13.6 Å². The molecule has 1 heterocycles. The van der Waals surface area contributed by atoms with Crippen molar-refractivity contribution in [2.24, 2.45) is 5.92 Å². The molecule has 0 aromatic carbocycles. The molecule has 1 rings (SSSR count). The molecule has 0 spiro atoms. The fraction of sp³-hybridized carbons (Fsp3) is 0.625. The normalized spacial score (nSPS) is 10.4. The molecule has 1 aromatic rings. The molecule has 6 heteroatoms. The van der Waals surface area contributed by atoms with Crippen LogP contribution in [-0.2, 0) is 0 Å². The molecule has 0 saturated carbocycles. The van der Waals surface area contributed by atoms with Gasteiger partial charge in [0.2, 0.25) is 17.2 Å². The van der Waals surface area contributed by atoms with Crippen LogP contribution in [0.4, 0.5) is 11.9 Å². The van der Waals surface area contributed by atoms with Gasteiger partial charge in [-0.05, 0) is 17.5 Å². The molecule has 0 aliphatic heterocycles. The number of nitrogens with zero attached hydrogens (tertiary/aromatic N) is 3. The van der Waals surface area contributed by atoms with Crippen LogP contribution in [0.2, 0.25) is 5.28 Å². The quantitative estimate of drug-likeness (QED) is 0.800. The summed E-state index contributed by atoms with van der Waals surface area (Å²) in [5, 5.41) is 6.07. The largest absolute Gasteiger partial charge is 0.357 e. The number of rotatable bonds is 4. The van der Waals surface area contributed by atoms with E-state index in [-0.39, 0.29) is 5.28 Å². The molecule has 0 fully saturated rings. The second kappa shape index (κ2) is 4.95. The molecule has 78 valence electrons. The topological polar surface area (TPSA) is 62.7 Å². The van der Waals surface area contributed by atoms with Gasteiger partial charge in [-0.15, -0.1) is 0 Å². The average molecular weight is 216 g/mol. The first-order valence-electron chi connectivity index (χ1n) is 4.45. The lowest BCUT2D eigenvalue weighted by Gasteiger charge is -2.07. The molecule has 0 saturated heterocycles. The Morgan fingerprint density at radius 1 is 1.21 bits per heavy atom. The van der Waals surface area contributed by atoms with Crippen molar-refractivity contribution in [1.29, 1.82) is 0 Å². The second-order valence-electron chi connectivity index (χ2n) is 3.28. The van der Waals surface area contributed by atoms with Gasteiger partial charge in [-0.25, -0.2) is 0 Å². The van der Waals surface area contributed by atoms with Gasteiger partial charge >= 0.3 is 0 Å². The molecule has 0 atom stereocenters. The van der Waals surface area contributed by atoms with Crippen LogP contribution >= 0.6 is 11.6 Å². The van der Waals surface area contributed by atoms with Gasteiger partial charge in [-0.1, -0.05) is 13.8 Å². The van der Waals surface area contributed by atoms with Crippen molar-refractivity contribution < 1.29 is 0 Å². The Balaban J connectivity index is 2.71. The van der Waals surface area contributed by atoms with Crippen LogP contribution < -0.4 is 10.6 Å². The Hall–Kier alpha value is -1.10. The number of hydrogen-bond donors (Lipinski definition) is 2. The molecule has 0 aliphatic carbocycles. The highest BCUT2D eigenvalue weighted by molar-refractivity contribution is 6.28. The fourth-order valence-electron chi connectivity index (χ4n) is 0.836. The van der Waals surface area contributed by atoms with Crippen LogP contribution in [0.5, 0.6) is 0 Å². The van der Waals surface area contributed by atoms with E-state index in [1.165, 1.54) is 0 Å². The standard InChI is InChI=1S/C8H14ClN5/c1-5(2)4-11-8-13-6(9)12-7(10-3)14-8/h5H,4H2,1-3H3,(H2,10,11,12,13,14). The van der Waals surface area contributed by atoms with E-state index in [9.17, 15) is 0 Å². The zero-order valence-electron chi connectivity index (χ0n) is 8.50. The highest BCUT2D eigenvalue weighted by Gasteiger charge is 2.03. The van der Waals surface area contributed by atoms with Crippen LogP contribution in [0.15, 0.2) is 0 Å². The van der Waals surface area contributed by atoms with E-state index in [4.69, 9.17) is 11.6 Å². The van der Waals surface area contributed by atoms with Gasteiger partial charge in [0.1, 0.15) is 0 Å². The first kappa shape index (κ1) is 11.0. The van der Waals surface area contributed by atoms with Gasteiger partial charge < -0.3 is 10.6 Å². The van der Waals surface area contributed by atoms with E-state index in [1.807, 2.05) is 0 Å². The predicted octanol–water partition coefficient (Wildman–Crippen LogP) is 1.63. The maximum absolute atomic E-state index is 5.70. The van der Waals surface area contributed by atoms with Gasteiger partial charge in [0.15, 0.2) is 0 Å². The summed E-state index contributed by atoms with van der Waals surface area (Å²) in [5.41, 5.74) is 0. The van der Waals surface area contributed by atoms with E-state index in [0.717, 1.165) is 6.54 Å². The summed E-state index contributed by atoms with van der Waals surface area (Å²) < 4.78 is 0. The SMILES string of the molecule is CNc1nc(Cl)nc(NCC(C)C)n1. The maximum Gasteiger partial charge on any atom is 0.228 e. The summed E-state index contributed by atoms with van der Waals surface area (Å²) in [6.45, 7) is 5.02. The van der Waals surface area contributed by atoms with E-state index < -0.39 is 0 Å². The molecule has 2 N–H and O–H groups in total. The first-order chi connectivity index (χ1) is 6.61. The molecule has 0 aliphatic rings. The molecular weight excluding hydrogens is 202 g/mol. The maximum atomic E-state index is 5.70. The lowest BCUT2D eigenvalue weighted by atomic mass is 10.2. The lowest BCUT2D eigenvalue weighted by Crippen LogP contribution is -2.12. The van der Waals surface area contributed by atoms with Crippen LogP contribution in [0.1, 0.15) is 13.8 Å². The third-order valence-corrected chi connectivity index (χ3v) is 1.67. The Bertz CT molecular complexity index is 302. The number of hydrogen-bond acceptors (Lipinski definition) is 5. The third-order valence-electron chi connectivity index (χ3n) is 1.50. The number of anilines is 2. The fourth-order valence-corrected chi connectivity index (χ4v) is 0.996. The Labute approximate surface area is 88.3 Å². The second-order valence-corrected chi connectivity index (χ2v) is 3.61. The summed E-state index contributed by atoms with van der Waals surface area (Å²) in [5.74, 6) is 1.50. The molecule has 0 bridgehead atoms. The Morgan fingerprint density at radius 2 is 1.86 bits per heavy atom. The number of nitrogens with one attached hydrogen (secondary N) is 2. The number of halogens is 1. The Kier molecular flexibility index (Phi) is 3.88. The van der Waals surface area contributed by atoms with Crippen molar-refractivity contribution >= 4 is 23.5 Å². The van der Waals surface area contributed by atoms with Gasteiger partial charge in [-0.2, -0.15) is 15.0 Å². The van der Waals surface area contributed by atoms with Gasteiger partial charge in [0.25, 0.3) is 0 Å². The van der Waals surface area contributed by atoms with Crippen LogP contribution in [0.3, 0.4) is 0 Å². The Morgan fingerprint density at radius 3 is 2.43 bits per heavy atom. The molecule has 0 radical (unpaired) electrons. The minimum Gasteiger partial charge on any atom is -0.357 e. The third kappa shape index (κ3) is 3.33. The van der Waals surface area contributed by atoms with Crippen molar-refractivity contribution in [3.8, 4) is 0 Å². The number of aromatic nitrogens is 3. The summed E-state index contributed by atoms with van der Waals surface area (Å²) in [6, 6.07) is 0. The van der Waals surface area contributed by atoms with E-state index in [1.54, 1.807) is 7.05 Å². The van der Waals surface area contributed by atoms with Crippen molar-refractivity contribution in [1.82, 2.24) is 15.0 Å². The van der Waals surface area contributed by atoms with E-state index in [2.05, 4.69) is 39.4 Å². The molecule has 0 unspecified atom stereocenters. The van der Waals surface area contributed by atoms with Gasteiger partial charge in [-0.3, -0.25) is 0 Å². The average Bonchev–Trinajstić information content (AvgIpc) is 2.14. The molecule has 0 amide bonds. The zero-order chi connectivity index (χ0) is 10.6. The van der Waals surface area contributed by atoms with Crippen molar-refractivity contribution in [3.63, 3.8) is 0 Å². The molecule has 1 aromatic heterocycles. The van der Waals surface area contributed by atoms with Crippen LogP contribution in [0.25, 0.3) is 0 Å². The van der Waals surface area contributed by atoms with Crippen LogP contribution in [-0.4, -0.2) is 28.5 Å². The van der Waals surface area contributed by atoms with E-state index in [0.29, 0.717) is 17.8 Å². The highest BCUT2D eigenvalue weighted by atomic mass is 35.5. The zero-order valence-corrected chi connectivity index (χ0v) is 9.26.